The van der Waals surface area contributed by atoms with Crippen molar-refractivity contribution in [3.8, 4) is 0 Å². The van der Waals surface area contributed by atoms with Gasteiger partial charge in [-0.1, -0.05) is 23.2 Å². The lowest BCUT2D eigenvalue weighted by atomic mass is 10.1. The molecule has 0 atom stereocenters. The van der Waals surface area contributed by atoms with Crippen LogP contribution in [-0.2, 0) is 0 Å². The number of nitrogens with two attached hydrogens (primary N) is 1. The zero-order chi connectivity index (χ0) is 14.7. The first-order valence-electron chi connectivity index (χ1n) is 5.80. The van der Waals surface area contributed by atoms with Gasteiger partial charge in [0, 0.05) is 27.5 Å². The average Bonchev–Trinajstić information content (AvgIpc) is 2.41. The molecular weight excluding hydrogens is 313 g/mol. The first-order chi connectivity index (χ1) is 9.47. The molecule has 3 nitrogen and oxygen atoms in total. The van der Waals surface area contributed by atoms with Gasteiger partial charge in [-0.25, -0.2) is 0 Å². The summed E-state index contributed by atoms with van der Waals surface area (Å²) < 4.78 is 3.19. The number of nitrogen functional groups attached to an aromatic ring is 1. The molecule has 0 amide bonds. The summed E-state index contributed by atoms with van der Waals surface area (Å²) in [5.74, 6) is 0. The van der Waals surface area contributed by atoms with E-state index in [2.05, 4.69) is 4.72 Å². The van der Waals surface area contributed by atoms with E-state index in [1.807, 2.05) is 18.2 Å². The van der Waals surface area contributed by atoms with E-state index in [-0.39, 0.29) is 0 Å². The van der Waals surface area contributed by atoms with Crippen LogP contribution in [0.5, 0.6) is 0 Å². The Morgan fingerprint density at radius 2 is 1.90 bits per heavy atom. The normalized spacial score (nSPS) is 10.3. The van der Waals surface area contributed by atoms with Crippen LogP contribution in [0.1, 0.15) is 12.5 Å². The van der Waals surface area contributed by atoms with E-state index in [1.54, 1.807) is 25.1 Å². The molecule has 4 N–H and O–H groups in total. The molecule has 0 bridgehead atoms. The summed E-state index contributed by atoms with van der Waals surface area (Å²) in [4.78, 5) is 0.948. The third-order valence-electron chi connectivity index (χ3n) is 2.64. The van der Waals surface area contributed by atoms with E-state index in [1.165, 1.54) is 11.9 Å². The van der Waals surface area contributed by atoms with Crippen LogP contribution in [0.3, 0.4) is 0 Å². The van der Waals surface area contributed by atoms with Gasteiger partial charge in [0.15, 0.2) is 0 Å². The van der Waals surface area contributed by atoms with Crippen LogP contribution in [0.15, 0.2) is 41.3 Å². The van der Waals surface area contributed by atoms with Gasteiger partial charge in [-0.3, -0.25) is 0 Å². The molecular formula is C14H13Cl2N3S. The van der Waals surface area contributed by atoms with E-state index >= 15 is 0 Å². The third kappa shape index (κ3) is 3.60. The lowest BCUT2D eigenvalue weighted by Gasteiger charge is -2.09. The Labute approximate surface area is 132 Å². The molecule has 0 fully saturated rings. The molecule has 0 radical (unpaired) electrons. The SMILES string of the molecule is CC(=N)c1cc(NSc2ccc(Cl)c(Cl)c2)ccc1N. The van der Waals surface area contributed by atoms with Gasteiger partial charge in [-0.15, -0.1) is 0 Å². The number of halogens is 2. The molecule has 0 heterocycles. The summed E-state index contributed by atoms with van der Waals surface area (Å²) in [7, 11) is 0. The summed E-state index contributed by atoms with van der Waals surface area (Å²) in [5.41, 5.74) is 8.46. The minimum atomic E-state index is 0.436. The summed E-state index contributed by atoms with van der Waals surface area (Å²) in [5, 5.41) is 8.73. The second-order valence-corrected chi connectivity index (χ2v) is 5.90. The predicted octanol–water partition coefficient (Wildman–Crippen LogP) is 5.08. The highest BCUT2D eigenvalue weighted by molar-refractivity contribution is 8.00. The fraction of sp³-hybridized carbons (Fsp3) is 0.0714. The Morgan fingerprint density at radius 3 is 2.55 bits per heavy atom. The summed E-state index contributed by atoms with van der Waals surface area (Å²) in [6.45, 7) is 1.71. The van der Waals surface area contributed by atoms with Gasteiger partial charge in [0.1, 0.15) is 0 Å². The van der Waals surface area contributed by atoms with Gasteiger partial charge in [-0.2, -0.15) is 0 Å². The van der Waals surface area contributed by atoms with Crippen LogP contribution in [0.2, 0.25) is 10.0 Å². The van der Waals surface area contributed by atoms with E-state index in [0.29, 0.717) is 21.4 Å². The van der Waals surface area contributed by atoms with E-state index in [0.717, 1.165) is 16.1 Å². The van der Waals surface area contributed by atoms with Crippen molar-refractivity contribution in [1.29, 1.82) is 5.41 Å². The second-order valence-electron chi connectivity index (χ2n) is 4.21. The molecule has 2 aromatic rings. The van der Waals surface area contributed by atoms with Crippen LogP contribution in [0, 0.1) is 5.41 Å². The number of hydrogen-bond donors (Lipinski definition) is 3. The van der Waals surface area contributed by atoms with Crippen LogP contribution in [0.25, 0.3) is 0 Å². The molecule has 0 unspecified atom stereocenters. The topological polar surface area (TPSA) is 61.9 Å². The number of rotatable bonds is 4. The molecule has 0 saturated carbocycles. The molecule has 0 aliphatic rings. The van der Waals surface area contributed by atoms with Crippen LogP contribution >= 0.6 is 35.1 Å². The quantitative estimate of drug-likeness (QED) is 0.417. The van der Waals surface area contributed by atoms with Crippen molar-refractivity contribution in [2.75, 3.05) is 10.5 Å². The Balaban J connectivity index is 2.12. The van der Waals surface area contributed by atoms with Gasteiger partial charge in [0.25, 0.3) is 0 Å². The highest BCUT2D eigenvalue weighted by Gasteiger charge is 2.04. The lowest BCUT2D eigenvalue weighted by Crippen LogP contribution is -2.00. The molecule has 0 spiro atoms. The van der Waals surface area contributed by atoms with Crippen LogP contribution in [-0.4, -0.2) is 5.71 Å². The van der Waals surface area contributed by atoms with Crippen molar-refractivity contribution in [1.82, 2.24) is 0 Å². The molecule has 0 saturated heterocycles. The standard InChI is InChI=1S/C14H13Cl2N3S/c1-8(17)11-6-9(2-5-14(11)18)19-20-10-3-4-12(15)13(16)7-10/h2-7,17,19H,18H2,1H3. The fourth-order valence-electron chi connectivity index (χ4n) is 1.60. The minimum absolute atomic E-state index is 0.436. The molecule has 0 aliphatic carbocycles. The Bertz CT molecular complexity index is 659. The van der Waals surface area contributed by atoms with Crippen molar-refractivity contribution in [3.05, 3.63) is 52.0 Å². The highest BCUT2D eigenvalue weighted by atomic mass is 35.5. The second kappa shape index (κ2) is 6.39. The fourth-order valence-corrected chi connectivity index (χ4v) is 2.64. The average molecular weight is 326 g/mol. The number of anilines is 2. The maximum Gasteiger partial charge on any atom is 0.0604 e. The maximum absolute atomic E-state index is 7.67. The van der Waals surface area contributed by atoms with Gasteiger partial charge < -0.3 is 15.9 Å². The predicted molar refractivity (Wildman–Crippen MR) is 89.3 cm³/mol. The summed E-state index contributed by atoms with van der Waals surface area (Å²) in [6.07, 6.45) is 0. The molecule has 6 heteroatoms. The van der Waals surface area contributed by atoms with Gasteiger partial charge >= 0.3 is 0 Å². The van der Waals surface area contributed by atoms with Crippen molar-refractivity contribution in [2.45, 2.75) is 11.8 Å². The summed E-state index contributed by atoms with van der Waals surface area (Å²) >= 11 is 13.3. The Kier molecular flexibility index (Phi) is 4.81. The minimum Gasteiger partial charge on any atom is -0.398 e. The van der Waals surface area contributed by atoms with Crippen LogP contribution < -0.4 is 10.5 Å². The molecule has 0 aromatic heterocycles. The summed E-state index contributed by atoms with van der Waals surface area (Å²) in [6, 6.07) is 10.9. The molecule has 104 valence electrons. The third-order valence-corrected chi connectivity index (χ3v) is 4.20. The smallest absolute Gasteiger partial charge is 0.0604 e. The first-order valence-corrected chi connectivity index (χ1v) is 7.37. The number of nitrogens with one attached hydrogen (secondary N) is 2. The number of benzene rings is 2. The van der Waals surface area contributed by atoms with Gasteiger partial charge in [-0.05, 0) is 55.3 Å². The zero-order valence-corrected chi connectivity index (χ0v) is 13.0. The van der Waals surface area contributed by atoms with Crippen molar-refractivity contribution < 1.29 is 0 Å². The van der Waals surface area contributed by atoms with E-state index in [9.17, 15) is 0 Å². The first kappa shape index (κ1) is 15.0. The Hall–Kier alpha value is -1.36. The Morgan fingerprint density at radius 1 is 1.15 bits per heavy atom. The lowest BCUT2D eigenvalue weighted by molar-refractivity contribution is 1.45. The monoisotopic (exact) mass is 325 g/mol. The van der Waals surface area contributed by atoms with Crippen LogP contribution in [0.4, 0.5) is 11.4 Å². The molecule has 2 rings (SSSR count). The maximum atomic E-state index is 7.67. The highest BCUT2D eigenvalue weighted by Crippen LogP contribution is 2.29. The van der Waals surface area contributed by atoms with Gasteiger partial charge in [0.2, 0.25) is 0 Å². The van der Waals surface area contributed by atoms with E-state index in [4.69, 9.17) is 34.3 Å². The van der Waals surface area contributed by atoms with Crippen molar-refractivity contribution >= 4 is 52.2 Å². The number of hydrogen-bond acceptors (Lipinski definition) is 4. The molecule has 20 heavy (non-hydrogen) atoms. The van der Waals surface area contributed by atoms with Crippen molar-refractivity contribution in [3.63, 3.8) is 0 Å². The largest absolute Gasteiger partial charge is 0.398 e. The van der Waals surface area contributed by atoms with Gasteiger partial charge in [0.05, 0.1) is 10.0 Å². The van der Waals surface area contributed by atoms with Crippen molar-refractivity contribution in [2.24, 2.45) is 0 Å². The molecule has 0 aliphatic heterocycles. The molecule has 2 aromatic carbocycles. The zero-order valence-electron chi connectivity index (χ0n) is 10.7. The van der Waals surface area contributed by atoms with E-state index < -0.39 is 0 Å².